The minimum Gasteiger partial charge on any atom is -0.548 e. The van der Waals surface area contributed by atoms with Crippen LogP contribution in [0.2, 0.25) is 0 Å². The molecule has 98 valence electrons. The van der Waals surface area contributed by atoms with E-state index in [2.05, 4.69) is 0 Å². The Labute approximate surface area is 118 Å². The molecular formula is C12H8NO4S2-. The van der Waals surface area contributed by atoms with Crippen LogP contribution in [0.5, 0.6) is 0 Å². The Hall–Kier alpha value is -1.86. The molecule has 1 aliphatic heterocycles. The highest BCUT2D eigenvalue weighted by Crippen LogP contribution is 2.30. The number of nitrogens with zero attached hydrogens (tertiary/aromatic N) is 1. The van der Waals surface area contributed by atoms with Crippen molar-refractivity contribution in [2.24, 2.45) is 0 Å². The Kier molecular flexibility index (Phi) is 4.18. The van der Waals surface area contributed by atoms with Gasteiger partial charge in [0.1, 0.15) is 10.1 Å². The van der Waals surface area contributed by atoms with E-state index < -0.39 is 18.4 Å². The molecule has 0 radical (unpaired) electrons. The average Bonchev–Trinajstić information content (AvgIpc) is 2.94. The van der Waals surface area contributed by atoms with E-state index in [0.717, 1.165) is 16.7 Å². The first kappa shape index (κ1) is 13.6. The van der Waals surface area contributed by atoms with Crippen molar-refractivity contribution in [2.75, 3.05) is 6.54 Å². The summed E-state index contributed by atoms with van der Waals surface area (Å²) in [5, 5.41) is 10.5. The van der Waals surface area contributed by atoms with E-state index in [-0.39, 0.29) is 4.32 Å². The number of furan rings is 1. The molecule has 5 nitrogen and oxygen atoms in total. The van der Waals surface area contributed by atoms with Crippen LogP contribution in [0.4, 0.5) is 0 Å². The summed E-state index contributed by atoms with van der Waals surface area (Å²) in [6, 6.07) is 3.52. The summed E-state index contributed by atoms with van der Waals surface area (Å²) in [5.41, 5.74) is 0. The molecule has 0 saturated carbocycles. The fraction of sp³-hybridized carbons (Fsp3) is 0.0833. The van der Waals surface area contributed by atoms with Gasteiger partial charge in [0.05, 0.1) is 23.7 Å². The zero-order valence-electron chi connectivity index (χ0n) is 9.57. The van der Waals surface area contributed by atoms with E-state index in [1.165, 1.54) is 0 Å². The number of allylic oxidation sites excluding steroid dienone is 2. The van der Waals surface area contributed by atoms with Crippen LogP contribution in [0.1, 0.15) is 5.76 Å². The topological polar surface area (TPSA) is 73.6 Å². The van der Waals surface area contributed by atoms with Crippen LogP contribution < -0.4 is 5.11 Å². The molecule has 0 aromatic carbocycles. The summed E-state index contributed by atoms with van der Waals surface area (Å²) in [6.45, 7) is -0.524. The summed E-state index contributed by atoms with van der Waals surface area (Å²) in [7, 11) is 0. The number of thiocarbonyl (C=S) groups is 1. The van der Waals surface area contributed by atoms with Crippen LogP contribution in [-0.4, -0.2) is 27.6 Å². The number of hydrogen-bond donors (Lipinski definition) is 0. The van der Waals surface area contributed by atoms with Crippen molar-refractivity contribution in [1.82, 2.24) is 4.90 Å². The Bertz CT molecular complexity index is 575. The number of carboxylic acids is 1. The Morgan fingerprint density at radius 2 is 2.37 bits per heavy atom. The van der Waals surface area contributed by atoms with Gasteiger partial charge in [0.2, 0.25) is 0 Å². The molecule has 1 aromatic heterocycles. The van der Waals surface area contributed by atoms with Crippen molar-refractivity contribution >= 4 is 46.3 Å². The molecule has 1 aromatic rings. The third-order valence-electron chi connectivity index (χ3n) is 2.21. The fourth-order valence-electron chi connectivity index (χ4n) is 1.40. The monoisotopic (exact) mass is 294 g/mol. The van der Waals surface area contributed by atoms with Crippen LogP contribution in [0, 0.1) is 0 Å². The van der Waals surface area contributed by atoms with Crippen molar-refractivity contribution in [2.45, 2.75) is 0 Å². The number of thioether (sulfide) groups is 1. The maximum atomic E-state index is 11.8. The molecule has 0 N–H and O–H groups in total. The standard InChI is InChI=1S/C12H9NO4S2/c14-10(15)7-13-11(16)9(19-12(13)18)5-1-3-8-4-2-6-17-8/h1-6H,7H2,(H,14,15)/p-1/b3-1+,9-5-. The number of carboxylic acid groups (broad SMARTS) is 1. The van der Waals surface area contributed by atoms with Gasteiger partial charge in [0, 0.05) is 0 Å². The van der Waals surface area contributed by atoms with Crippen molar-refractivity contribution in [3.8, 4) is 0 Å². The Morgan fingerprint density at radius 1 is 1.58 bits per heavy atom. The lowest BCUT2D eigenvalue weighted by Crippen LogP contribution is -2.40. The lowest BCUT2D eigenvalue weighted by atomic mass is 10.3. The number of amides is 1. The second-order valence-corrected chi connectivity index (χ2v) is 5.21. The third kappa shape index (κ3) is 3.33. The van der Waals surface area contributed by atoms with Gasteiger partial charge in [-0.25, -0.2) is 0 Å². The zero-order valence-corrected chi connectivity index (χ0v) is 11.2. The largest absolute Gasteiger partial charge is 0.548 e. The van der Waals surface area contributed by atoms with Crippen molar-refractivity contribution in [3.05, 3.63) is 41.2 Å². The van der Waals surface area contributed by atoms with E-state index in [0.29, 0.717) is 10.7 Å². The normalized spacial score (nSPS) is 17.9. The lowest BCUT2D eigenvalue weighted by Gasteiger charge is -2.14. The molecule has 0 aliphatic carbocycles. The minimum atomic E-state index is -1.34. The summed E-state index contributed by atoms with van der Waals surface area (Å²) in [6.07, 6.45) is 6.44. The molecule has 0 unspecified atom stereocenters. The van der Waals surface area contributed by atoms with Gasteiger partial charge in [-0.3, -0.25) is 9.69 Å². The van der Waals surface area contributed by atoms with Gasteiger partial charge in [-0.2, -0.15) is 0 Å². The minimum absolute atomic E-state index is 0.215. The Balaban J connectivity index is 2.08. The first-order valence-corrected chi connectivity index (χ1v) is 6.46. The first-order valence-electron chi connectivity index (χ1n) is 5.23. The lowest BCUT2D eigenvalue weighted by molar-refractivity contribution is -0.305. The van der Waals surface area contributed by atoms with Gasteiger partial charge in [0.25, 0.3) is 5.91 Å². The van der Waals surface area contributed by atoms with Crippen LogP contribution in [-0.2, 0) is 9.59 Å². The van der Waals surface area contributed by atoms with Crippen LogP contribution in [0.3, 0.4) is 0 Å². The highest BCUT2D eigenvalue weighted by molar-refractivity contribution is 8.26. The van der Waals surface area contributed by atoms with Gasteiger partial charge >= 0.3 is 0 Å². The van der Waals surface area contributed by atoms with Crippen LogP contribution in [0.15, 0.2) is 39.9 Å². The molecule has 1 fully saturated rings. The maximum Gasteiger partial charge on any atom is 0.266 e. The summed E-state index contributed by atoms with van der Waals surface area (Å²) < 4.78 is 5.30. The molecular weight excluding hydrogens is 286 g/mol. The van der Waals surface area contributed by atoms with Gasteiger partial charge in [-0.05, 0) is 24.3 Å². The molecule has 1 aliphatic rings. The van der Waals surface area contributed by atoms with E-state index in [9.17, 15) is 14.7 Å². The van der Waals surface area contributed by atoms with Crippen LogP contribution >= 0.6 is 24.0 Å². The van der Waals surface area contributed by atoms with E-state index >= 15 is 0 Å². The summed E-state index contributed by atoms with van der Waals surface area (Å²) in [5.74, 6) is -1.12. The predicted octanol–water partition coefficient (Wildman–Crippen LogP) is 0.787. The van der Waals surface area contributed by atoms with Crippen molar-refractivity contribution in [1.29, 1.82) is 0 Å². The zero-order chi connectivity index (χ0) is 13.8. The molecule has 0 bridgehead atoms. The van der Waals surface area contributed by atoms with Crippen LogP contribution in [0.25, 0.3) is 6.08 Å². The van der Waals surface area contributed by atoms with E-state index in [4.69, 9.17) is 16.6 Å². The highest BCUT2D eigenvalue weighted by Gasteiger charge is 2.31. The summed E-state index contributed by atoms with van der Waals surface area (Å²) in [4.78, 5) is 23.7. The SMILES string of the molecule is O=C([O-])CN1C(=O)/C(=C/C=C/c2ccco2)SC1=S. The Morgan fingerprint density at radius 3 is 3.00 bits per heavy atom. The molecule has 2 heterocycles. The van der Waals surface area contributed by atoms with Crippen molar-refractivity contribution in [3.63, 3.8) is 0 Å². The molecule has 7 heteroatoms. The first-order chi connectivity index (χ1) is 9.08. The average molecular weight is 294 g/mol. The van der Waals surface area contributed by atoms with Crippen molar-refractivity contribution < 1.29 is 19.1 Å². The summed E-state index contributed by atoms with van der Waals surface area (Å²) >= 11 is 5.99. The highest BCUT2D eigenvalue weighted by atomic mass is 32.2. The molecule has 2 rings (SSSR count). The number of carbonyl (C=O) groups is 2. The number of aliphatic carboxylic acids is 1. The number of carbonyl (C=O) groups excluding carboxylic acids is 2. The molecule has 1 saturated heterocycles. The molecule has 0 atom stereocenters. The smallest absolute Gasteiger partial charge is 0.266 e. The van der Waals surface area contributed by atoms with E-state index in [1.807, 2.05) is 0 Å². The van der Waals surface area contributed by atoms with Gasteiger partial charge in [0.15, 0.2) is 0 Å². The molecule has 19 heavy (non-hydrogen) atoms. The molecule has 1 amide bonds. The molecule has 0 spiro atoms. The van der Waals surface area contributed by atoms with Gasteiger partial charge in [-0.15, -0.1) is 0 Å². The second-order valence-electron chi connectivity index (χ2n) is 3.54. The van der Waals surface area contributed by atoms with E-state index in [1.54, 1.807) is 36.6 Å². The predicted molar refractivity (Wildman–Crippen MR) is 72.7 cm³/mol. The van der Waals surface area contributed by atoms with Gasteiger partial charge < -0.3 is 14.3 Å². The second kappa shape index (κ2) is 5.85. The third-order valence-corrected chi connectivity index (χ3v) is 3.61. The fourth-order valence-corrected chi connectivity index (χ4v) is 2.60. The number of hydrogen-bond acceptors (Lipinski definition) is 6. The number of rotatable bonds is 4. The quantitative estimate of drug-likeness (QED) is 0.604. The van der Waals surface area contributed by atoms with Gasteiger partial charge in [-0.1, -0.05) is 30.1 Å². The maximum absolute atomic E-state index is 11.8.